The largest absolute Gasteiger partial charge is 0.338 e. The lowest BCUT2D eigenvalue weighted by Gasteiger charge is -2.05. The first-order chi connectivity index (χ1) is 11.4. The topological polar surface area (TPSA) is 75.7 Å². The minimum Gasteiger partial charge on any atom is -0.338 e. The first-order valence-electron chi connectivity index (χ1n) is 7.15. The molecule has 4 aromatic rings. The van der Waals surface area contributed by atoms with E-state index in [0.717, 1.165) is 11.8 Å². The average molecular weight is 341 g/mol. The van der Waals surface area contributed by atoms with Crippen LogP contribution in [-0.4, -0.2) is 29.6 Å². The maximum absolute atomic E-state index is 14.5. The molecule has 0 spiro atoms. The van der Waals surface area contributed by atoms with Gasteiger partial charge in [0.15, 0.2) is 9.84 Å². The van der Waals surface area contributed by atoms with Gasteiger partial charge in [-0.1, -0.05) is 6.07 Å². The van der Waals surface area contributed by atoms with Crippen molar-refractivity contribution in [1.29, 1.82) is 0 Å². The van der Waals surface area contributed by atoms with Gasteiger partial charge in [-0.05, 0) is 35.7 Å². The lowest BCUT2D eigenvalue weighted by Crippen LogP contribution is -1.97. The van der Waals surface area contributed by atoms with Gasteiger partial charge in [0.1, 0.15) is 17.2 Å². The maximum Gasteiger partial charge on any atom is 0.175 e. The minimum atomic E-state index is -3.38. The summed E-state index contributed by atoms with van der Waals surface area (Å²) in [4.78, 5) is 11.6. The van der Waals surface area contributed by atoms with E-state index in [9.17, 15) is 12.8 Å². The number of rotatable bonds is 2. The van der Waals surface area contributed by atoms with Crippen LogP contribution in [0.3, 0.4) is 0 Å². The van der Waals surface area contributed by atoms with E-state index in [0.29, 0.717) is 22.3 Å². The van der Waals surface area contributed by atoms with Gasteiger partial charge in [-0.3, -0.25) is 4.98 Å². The number of hydrogen-bond donors (Lipinski definition) is 1. The van der Waals surface area contributed by atoms with Gasteiger partial charge in [-0.15, -0.1) is 0 Å². The molecule has 0 saturated carbocycles. The molecular formula is C17H12FN3O2S. The van der Waals surface area contributed by atoms with Gasteiger partial charge in [0, 0.05) is 23.4 Å². The van der Waals surface area contributed by atoms with Gasteiger partial charge in [-0.2, -0.15) is 0 Å². The Morgan fingerprint density at radius 2 is 1.96 bits per heavy atom. The highest BCUT2D eigenvalue weighted by molar-refractivity contribution is 7.90. The summed E-state index contributed by atoms with van der Waals surface area (Å²) in [5, 5.41) is 0.871. The van der Waals surface area contributed by atoms with E-state index in [4.69, 9.17) is 0 Å². The number of aromatic nitrogens is 3. The molecule has 0 aliphatic heterocycles. The molecule has 0 radical (unpaired) electrons. The number of nitrogens with zero attached hydrogens (tertiary/aromatic N) is 2. The van der Waals surface area contributed by atoms with Crippen LogP contribution in [0.15, 0.2) is 53.7 Å². The Morgan fingerprint density at radius 3 is 2.71 bits per heavy atom. The summed E-state index contributed by atoms with van der Waals surface area (Å²) in [6, 6.07) is 9.34. The van der Waals surface area contributed by atoms with Gasteiger partial charge in [0.2, 0.25) is 0 Å². The van der Waals surface area contributed by atoms with Crippen LogP contribution in [0.5, 0.6) is 0 Å². The average Bonchev–Trinajstić information content (AvgIpc) is 2.97. The van der Waals surface area contributed by atoms with Crippen molar-refractivity contribution < 1.29 is 12.8 Å². The van der Waals surface area contributed by atoms with Crippen LogP contribution in [-0.2, 0) is 9.84 Å². The molecule has 0 fully saturated rings. The van der Waals surface area contributed by atoms with Crippen molar-refractivity contribution in [3.8, 4) is 11.4 Å². The summed E-state index contributed by atoms with van der Waals surface area (Å²) in [6.45, 7) is 0. The molecule has 24 heavy (non-hydrogen) atoms. The zero-order valence-corrected chi connectivity index (χ0v) is 13.4. The molecule has 2 heterocycles. The van der Waals surface area contributed by atoms with E-state index in [1.165, 1.54) is 18.2 Å². The Hall–Kier alpha value is -2.80. The van der Waals surface area contributed by atoms with Gasteiger partial charge in [-0.25, -0.2) is 17.8 Å². The molecule has 0 atom stereocenters. The minimum absolute atomic E-state index is 0.0939. The number of H-pyrrole nitrogens is 1. The van der Waals surface area contributed by atoms with E-state index in [1.54, 1.807) is 30.6 Å². The number of benzene rings is 2. The number of imidazole rings is 1. The van der Waals surface area contributed by atoms with Gasteiger partial charge in [0.05, 0.1) is 16.6 Å². The van der Waals surface area contributed by atoms with Crippen LogP contribution >= 0.6 is 0 Å². The van der Waals surface area contributed by atoms with Crippen molar-refractivity contribution in [3.05, 3.63) is 54.6 Å². The molecule has 0 aliphatic rings. The number of nitrogens with one attached hydrogen (secondary N) is 1. The monoisotopic (exact) mass is 341 g/mol. The van der Waals surface area contributed by atoms with Crippen molar-refractivity contribution in [2.75, 3.05) is 6.26 Å². The second-order valence-electron chi connectivity index (χ2n) is 5.59. The molecule has 0 unspecified atom stereocenters. The van der Waals surface area contributed by atoms with Crippen molar-refractivity contribution in [1.82, 2.24) is 15.0 Å². The molecule has 0 aliphatic carbocycles. The molecule has 2 aromatic heterocycles. The summed E-state index contributed by atoms with van der Waals surface area (Å²) in [6.07, 6.45) is 4.38. The normalized spacial score (nSPS) is 12.1. The Bertz CT molecular complexity index is 1170. The lowest BCUT2D eigenvalue weighted by molar-refractivity contribution is 0.602. The van der Waals surface area contributed by atoms with Gasteiger partial charge < -0.3 is 4.98 Å². The number of aromatic amines is 1. The smallest absolute Gasteiger partial charge is 0.175 e. The first-order valence-corrected chi connectivity index (χ1v) is 9.04. The molecule has 4 rings (SSSR count). The molecule has 0 saturated heterocycles. The van der Waals surface area contributed by atoms with Crippen LogP contribution in [0.1, 0.15) is 0 Å². The Kier molecular flexibility index (Phi) is 3.14. The second kappa shape index (κ2) is 5.10. The quantitative estimate of drug-likeness (QED) is 0.607. The van der Waals surface area contributed by atoms with E-state index < -0.39 is 15.7 Å². The van der Waals surface area contributed by atoms with Crippen LogP contribution < -0.4 is 0 Å². The van der Waals surface area contributed by atoms with Crippen LogP contribution in [0.25, 0.3) is 33.2 Å². The molecule has 2 aromatic carbocycles. The van der Waals surface area contributed by atoms with Crippen molar-refractivity contribution >= 4 is 31.6 Å². The third-order valence-electron chi connectivity index (χ3n) is 3.86. The molecule has 5 nitrogen and oxygen atoms in total. The van der Waals surface area contributed by atoms with Crippen molar-refractivity contribution in [3.63, 3.8) is 0 Å². The fraction of sp³-hybridized carbons (Fsp3) is 0.0588. The maximum atomic E-state index is 14.5. The van der Waals surface area contributed by atoms with Gasteiger partial charge in [0.25, 0.3) is 0 Å². The number of halogens is 1. The zero-order chi connectivity index (χ0) is 16.9. The zero-order valence-electron chi connectivity index (χ0n) is 12.6. The van der Waals surface area contributed by atoms with Crippen LogP contribution in [0.2, 0.25) is 0 Å². The van der Waals surface area contributed by atoms with E-state index in [2.05, 4.69) is 15.0 Å². The van der Waals surface area contributed by atoms with Crippen LogP contribution in [0.4, 0.5) is 4.39 Å². The first kappa shape index (κ1) is 14.8. The van der Waals surface area contributed by atoms with E-state index >= 15 is 0 Å². The number of hydrogen-bond acceptors (Lipinski definition) is 4. The Balaban J connectivity index is 1.91. The molecule has 7 heteroatoms. The van der Waals surface area contributed by atoms with Crippen molar-refractivity contribution in [2.45, 2.75) is 4.90 Å². The third kappa shape index (κ3) is 2.43. The van der Waals surface area contributed by atoms with E-state index in [-0.39, 0.29) is 10.3 Å². The molecule has 0 amide bonds. The van der Waals surface area contributed by atoms with Gasteiger partial charge >= 0.3 is 0 Å². The third-order valence-corrected chi connectivity index (χ3v) is 4.97. The summed E-state index contributed by atoms with van der Waals surface area (Å²) in [7, 11) is -3.38. The Labute approximate surface area is 137 Å². The fourth-order valence-corrected chi connectivity index (χ4v) is 3.30. The highest BCUT2D eigenvalue weighted by atomic mass is 32.2. The SMILES string of the molecule is CS(=O)(=O)c1ccc2cc(-c3nc4cnccc4[nH]3)cc(F)c2c1. The molecule has 0 bridgehead atoms. The van der Waals surface area contributed by atoms with E-state index in [1.807, 2.05) is 0 Å². The highest BCUT2D eigenvalue weighted by Gasteiger charge is 2.13. The summed E-state index contributed by atoms with van der Waals surface area (Å²) < 4.78 is 37.8. The summed E-state index contributed by atoms with van der Waals surface area (Å²) in [5.41, 5.74) is 2.09. The standard InChI is InChI=1S/C17H12FN3O2S/c1-24(22,23)12-3-2-10-6-11(7-14(18)13(10)8-12)17-20-15-4-5-19-9-16(15)21-17/h2-9H,1H3,(H,20,21). The predicted octanol–water partition coefficient (Wildman–Crippen LogP) is 3.32. The Morgan fingerprint density at radius 1 is 1.12 bits per heavy atom. The molecule has 1 N–H and O–H groups in total. The van der Waals surface area contributed by atoms with Crippen LogP contribution in [0, 0.1) is 5.82 Å². The lowest BCUT2D eigenvalue weighted by atomic mass is 10.1. The summed E-state index contributed by atoms with van der Waals surface area (Å²) >= 11 is 0. The molecular weight excluding hydrogens is 329 g/mol. The second-order valence-corrected chi connectivity index (χ2v) is 7.61. The summed E-state index contributed by atoms with van der Waals surface area (Å²) in [5.74, 6) is 0.0394. The predicted molar refractivity (Wildman–Crippen MR) is 89.9 cm³/mol. The highest BCUT2D eigenvalue weighted by Crippen LogP contribution is 2.28. The number of pyridine rings is 1. The number of sulfone groups is 1. The molecule has 120 valence electrons. The fourth-order valence-electron chi connectivity index (χ4n) is 2.65. The van der Waals surface area contributed by atoms with Crippen molar-refractivity contribution in [2.24, 2.45) is 0 Å². The number of fused-ring (bicyclic) bond motifs is 2.